The minimum atomic E-state index is -0.117. The van der Waals surface area contributed by atoms with Gasteiger partial charge in [0.15, 0.2) is 0 Å². The van der Waals surface area contributed by atoms with Crippen molar-refractivity contribution in [3.8, 4) is 16.2 Å². The van der Waals surface area contributed by atoms with Crippen LogP contribution in [-0.2, 0) is 0 Å². The molecule has 3 aromatic rings. The third-order valence-electron chi connectivity index (χ3n) is 4.71. The van der Waals surface area contributed by atoms with Crippen LogP contribution in [0.3, 0.4) is 0 Å². The maximum atomic E-state index is 12.9. The maximum Gasteiger partial charge on any atom is 0.265 e. The molecule has 1 fully saturated rings. The van der Waals surface area contributed by atoms with Crippen molar-refractivity contribution >= 4 is 28.6 Å². The molecule has 1 aliphatic heterocycles. The zero-order valence-electron chi connectivity index (χ0n) is 15.6. The van der Waals surface area contributed by atoms with Crippen LogP contribution in [-0.4, -0.2) is 44.2 Å². The van der Waals surface area contributed by atoms with E-state index in [1.807, 2.05) is 48.7 Å². The number of pyridine rings is 1. The molecule has 28 heavy (non-hydrogen) atoms. The lowest BCUT2D eigenvalue weighted by molar-refractivity contribution is 0.103. The molecule has 0 saturated carbocycles. The summed E-state index contributed by atoms with van der Waals surface area (Å²) in [6, 6.07) is 13.5. The van der Waals surface area contributed by atoms with E-state index in [9.17, 15) is 4.79 Å². The van der Waals surface area contributed by atoms with Crippen molar-refractivity contribution in [3.63, 3.8) is 0 Å². The van der Waals surface area contributed by atoms with Crippen molar-refractivity contribution in [2.75, 3.05) is 43.5 Å². The number of piperazine rings is 1. The van der Waals surface area contributed by atoms with Gasteiger partial charge in [-0.3, -0.25) is 9.78 Å². The number of carbonyl (C=O) groups excluding carboxylic acids is 1. The highest BCUT2D eigenvalue weighted by Crippen LogP contribution is 2.35. The van der Waals surface area contributed by atoms with E-state index in [1.165, 1.54) is 11.3 Å². The van der Waals surface area contributed by atoms with Crippen molar-refractivity contribution in [1.29, 1.82) is 0 Å². The summed E-state index contributed by atoms with van der Waals surface area (Å²) in [5.41, 5.74) is 2.73. The molecule has 0 spiro atoms. The zero-order valence-corrected chi connectivity index (χ0v) is 16.5. The van der Waals surface area contributed by atoms with Gasteiger partial charge in [-0.1, -0.05) is 12.1 Å². The van der Waals surface area contributed by atoms with Gasteiger partial charge in [0, 0.05) is 42.8 Å². The number of methoxy groups -OCH3 is 1. The normalized spacial score (nSPS) is 14.0. The number of benzene rings is 1. The first-order valence-corrected chi connectivity index (χ1v) is 10.0. The number of hydrogen-bond donors (Lipinski definition) is 2. The summed E-state index contributed by atoms with van der Waals surface area (Å²) in [5.74, 6) is 0.681. The Labute approximate surface area is 168 Å². The number of ether oxygens (including phenoxy) is 1. The Balaban J connectivity index is 1.55. The van der Waals surface area contributed by atoms with Gasteiger partial charge in [-0.25, -0.2) is 0 Å². The molecular weight excluding hydrogens is 372 g/mol. The smallest absolute Gasteiger partial charge is 0.265 e. The molecule has 4 rings (SSSR count). The fourth-order valence-corrected chi connectivity index (χ4v) is 4.22. The number of para-hydroxylation sites is 1. The highest BCUT2D eigenvalue weighted by atomic mass is 32.1. The molecule has 0 atom stereocenters. The highest BCUT2D eigenvalue weighted by molar-refractivity contribution is 7.17. The Morgan fingerprint density at radius 3 is 2.82 bits per heavy atom. The van der Waals surface area contributed by atoms with E-state index in [0.29, 0.717) is 4.88 Å². The van der Waals surface area contributed by atoms with E-state index >= 15 is 0 Å². The Morgan fingerprint density at radius 2 is 2.00 bits per heavy atom. The minimum Gasteiger partial charge on any atom is -0.496 e. The Hall–Kier alpha value is -2.90. The molecule has 0 bridgehead atoms. The molecule has 1 aliphatic rings. The quantitative estimate of drug-likeness (QED) is 0.694. The summed E-state index contributed by atoms with van der Waals surface area (Å²) in [4.78, 5) is 21.0. The average molecular weight is 395 g/mol. The molecule has 7 heteroatoms. The molecule has 6 nitrogen and oxygen atoms in total. The number of thiophene rings is 1. The van der Waals surface area contributed by atoms with Crippen molar-refractivity contribution in [2.45, 2.75) is 0 Å². The van der Waals surface area contributed by atoms with Gasteiger partial charge in [-0.05, 0) is 30.3 Å². The van der Waals surface area contributed by atoms with Crippen LogP contribution >= 0.6 is 11.3 Å². The molecule has 144 valence electrons. The van der Waals surface area contributed by atoms with Crippen LogP contribution in [0.2, 0.25) is 0 Å². The van der Waals surface area contributed by atoms with E-state index in [-0.39, 0.29) is 5.91 Å². The van der Waals surface area contributed by atoms with E-state index in [0.717, 1.165) is 53.7 Å². The topological polar surface area (TPSA) is 66.5 Å². The molecule has 0 unspecified atom stereocenters. The first-order valence-electron chi connectivity index (χ1n) is 9.20. The monoisotopic (exact) mass is 394 g/mol. The van der Waals surface area contributed by atoms with E-state index in [1.54, 1.807) is 13.3 Å². The first-order chi connectivity index (χ1) is 13.8. The van der Waals surface area contributed by atoms with E-state index in [4.69, 9.17) is 4.74 Å². The average Bonchev–Trinajstić information content (AvgIpc) is 3.25. The third kappa shape index (κ3) is 3.85. The van der Waals surface area contributed by atoms with Crippen LogP contribution in [0.1, 0.15) is 9.67 Å². The van der Waals surface area contributed by atoms with Crippen molar-refractivity contribution in [3.05, 3.63) is 59.7 Å². The summed E-state index contributed by atoms with van der Waals surface area (Å²) in [6.45, 7) is 3.64. The first kappa shape index (κ1) is 18.5. The SMILES string of the molecule is COc1ccccc1-c1ccc(C(=O)Nc2ccncc2N2CCNCC2)s1. The van der Waals surface area contributed by atoms with Crippen molar-refractivity contribution in [1.82, 2.24) is 10.3 Å². The van der Waals surface area contributed by atoms with Crippen molar-refractivity contribution in [2.24, 2.45) is 0 Å². The van der Waals surface area contributed by atoms with Crippen LogP contribution < -0.4 is 20.3 Å². The lowest BCUT2D eigenvalue weighted by atomic mass is 10.1. The van der Waals surface area contributed by atoms with E-state index < -0.39 is 0 Å². The second-order valence-corrected chi connectivity index (χ2v) is 7.53. The molecule has 0 aliphatic carbocycles. The van der Waals surface area contributed by atoms with Crippen LogP contribution in [0.4, 0.5) is 11.4 Å². The molecule has 2 aromatic heterocycles. The van der Waals surface area contributed by atoms with Gasteiger partial charge in [-0.2, -0.15) is 0 Å². The number of aromatic nitrogens is 1. The second-order valence-electron chi connectivity index (χ2n) is 6.45. The molecule has 1 amide bonds. The molecule has 3 heterocycles. The minimum absolute atomic E-state index is 0.117. The van der Waals surface area contributed by atoms with E-state index in [2.05, 4.69) is 20.5 Å². The number of hydrogen-bond acceptors (Lipinski definition) is 6. The Bertz CT molecular complexity index is 966. The summed E-state index contributed by atoms with van der Waals surface area (Å²) in [7, 11) is 1.65. The van der Waals surface area contributed by atoms with Gasteiger partial charge in [0.1, 0.15) is 5.75 Å². The molecular formula is C21H22N4O2S. The molecule has 2 N–H and O–H groups in total. The number of carbonyl (C=O) groups is 1. The van der Waals surface area contributed by atoms with Gasteiger partial charge in [0.25, 0.3) is 5.91 Å². The predicted octanol–water partition coefficient (Wildman–Crippen LogP) is 3.48. The standard InChI is InChI=1S/C21H22N4O2S/c1-27-18-5-3-2-4-15(18)19-6-7-20(28-19)21(26)24-16-8-9-23-14-17(16)25-12-10-22-11-13-25/h2-9,14,22H,10-13H2,1H3,(H,23,24,26). The van der Waals surface area contributed by atoms with Crippen molar-refractivity contribution < 1.29 is 9.53 Å². The zero-order chi connectivity index (χ0) is 19.3. The largest absolute Gasteiger partial charge is 0.496 e. The lowest BCUT2D eigenvalue weighted by Crippen LogP contribution is -2.43. The van der Waals surface area contributed by atoms with Crippen LogP contribution in [0.25, 0.3) is 10.4 Å². The summed E-state index contributed by atoms with van der Waals surface area (Å²) >= 11 is 1.45. The summed E-state index contributed by atoms with van der Waals surface area (Å²) in [6.07, 6.45) is 3.52. The van der Waals surface area contributed by atoms with Gasteiger partial charge in [-0.15, -0.1) is 11.3 Å². The summed E-state index contributed by atoms with van der Waals surface area (Å²) in [5, 5.41) is 6.40. The number of rotatable bonds is 5. The van der Waals surface area contributed by atoms with Gasteiger partial charge < -0.3 is 20.3 Å². The highest BCUT2D eigenvalue weighted by Gasteiger charge is 2.18. The fraction of sp³-hybridized carbons (Fsp3) is 0.238. The third-order valence-corrected chi connectivity index (χ3v) is 5.83. The molecule has 0 radical (unpaired) electrons. The number of nitrogens with zero attached hydrogens (tertiary/aromatic N) is 2. The van der Waals surface area contributed by atoms with Gasteiger partial charge in [0.2, 0.25) is 0 Å². The molecule has 1 saturated heterocycles. The van der Waals surface area contributed by atoms with Crippen LogP contribution in [0.5, 0.6) is 5.75 Å². The lowest BCUT2D eigenvalue weighted by Gasteiger charge is -2.30. The number of anilines is 2. The summed E-state index contributed by atoms with van der Waals surface area (Å²) < 4.78 is 5.44. The molecule has 1 aromatic carbocycles. The maximum absolute atomic E-state index is 12.9. The van der Waals surface area contributed by atoms with Crippen LogP contribution in [0.15, 0.2) is 54.9 Å². The number of amides is 1. The second kappa shape index (κ2) is 8.41. The fourth-order valence-electron chi connectivity index (χ4n) is 3.29. The van der Waals surface area contributed by atoms with Gasteiger partial charge >= 0.3 is 0 Å². The Kier molecular flexibility index (Phi) is 5.55. The van der Waals surface area contributed by atoms with Gasteiger partial charge in [0.05, 0.1) is 29.6 Å². The Morgan fingerprint density at radius 1 is 1.18 bits per heavy atom. The van der Waals surface area contributed by atoms with Crippen LogP contribution in [0, 0.1) is 0 Å². The predicted molar refractivity (Wildman–Crippen MR) is 114 cm³/mol. The number of nitrogens with one attached hydrogen (secondary N) is 2.